The molecule has 0 heterocycles. The second-order valence-electron chi connectivity index (χ2n) is 4.79. The topological polar surface area (TPSA) is 107 Å². The predicted octanol–water partition coefficient (Wildman–Crippen LogP) is 1.98. The third kappa shape index (κ3) is 5.68. The number of nitro groups is 1. The lowest BCUT2D eigenvalue weighted by Crippen LogP contribution is -2.45. The van der Waals surface area contributed by atoms with Crippen molar-refractivity contribution in [1.82, 2.24) is 5.32 Å². The summed E-state index contributed by atoms with van der Waals surface area (Å²) < 4.78 is 6.10. The van der Waals surface area contributed by atoms with E-state index in [1.165, 1.54) is 12.1 Å². The van der Waals surface area contributed by atoms with Gasteiger partial charge in [0.05, 0.1) is 28.1 Å². The monoisotopic (exact) mass is 359 g/mol. The standard InChI is InChI=1S/C13H18BrN3O4/c1-8(2)16-11(13(15)18)5-6-21-12-7-9(17(19)20)3-4-10(12)14/h3-4,7-8,11,16H,5-6H2,1-2H3,(H2,15,18). The Labute approximate surface area is 131 Å². The Morgan fingerprint density at radius 3 is 2.71 bits per heavy atom. The molecule has 8 heteroatoms. The first-order valence-electron chi connectivity index (χ1n) is 6.43. The largest absolute Gasteiger partial charge is 0.492 e. The van der Waals surface area contributed by atoms with Crippen molar-refractivity contribution in [2.45, 2.75) is 32.4 Å². The maximum atomic E-state index is 11.3. The Kier molecular flexibility index (Phi) is 6.57. The number of rotatable bonds is 8. The van der Waals surface area contributed by atoms with Gasteiger partial charge in [-0.05, 0) is 22.0 Å². The Balaban J connectivity index is 2.64. The predicted molar refractivity (Wildman–Crippen MR) is 82.2 cm³/mol. The molecule has 7 nitrogen and oxygen atoms in total. The van der Waals surface area contributed by atoms with Crippen LogP contribution in [0.4, 0.5) is 5.69 Å². The lowest BCUT2D eigenvalue weighted by molar-refractivity contribution is -0.385. The third-order valence-electron chi connectivity index (χ3n) is 2.67. The molecule has 0 radical (unpaired) electrons. The maximum absolute atomic E-state index is 11.3. The number of nitro benzene ring substituents is 1. The molecule has 1 aromatic carbocycles. The number of hydrogen-bond acceptors (Lipinski definition) is 5. The van der Waals surface area contributed by atoms with E-state index in [-0.39, 0.29) is 18.3 Å². The first kappa shape index (κ1) is 17.4. The second kappa shape index (κ2) is 7.94. The van der Waals surface area contributed by atoms with Gasteiger partial charge in [-0.2, -0.15) is 0 Å². The smallest absolute Gasteiger partial charge is 0.273 e. The highest BCUT2D eigenvalue weighted by Crippen LogP contribution is 2.29. The molecule has 1 unspecified atom stereocenters. The quantitative estimate of drug-likeness (QED) is 0.544. The van der Waals surface area contributed by atoms with Crippen molar-refractivity contribution in [3.05, 3.63) is 32.8 Å². The van der Waals surface area contributed by atoms with Gasteiger partial charge in [0.15, 0.2) is 0 Å². The van der Waals surface area contributed by atoms with Crippen LogP contribution in [0, 0.1) is 10.1 Å². The van der Waals surface area contributed by atoms with Crippen molar-refractivity contribution in [2.24, 2.45) is 5.73 Å². The van der Waals surface area contributed by atoms with Crippen molar-refractivity contribution in [2.75, 3.05) is 6.61 Å². The summed E-state index contributed by atoms with van der Waals surface area (Å²) in [4.78, 5) is 21.5. The van der Waals surface area contributed by atoms with Crippen molar-refractivity contribution in [1.29, 1.82) is 0 Å². The summed E-state index contributed by atoms with van der Waals surface area (Å²) in [6.07, 6.45) is 0.378. The summed E-state index contributed by atoms with van der Waals surface area (Å²) in [5.74, 6) is -0.0950. The number of benzene rings is 1. The van der Waals surface area contributed by atoms with Gasteiger partial charge in [-0.3, -0.25) is 14.9 Å². The minimum atomic E-state index is -0.498. The van der Waals surface area contributed by atoms with E-state index in [9.17, 15) is 14.9 Å². The van der Waals surface area contributed by atoms with Crippen LogP contribution in [0.25, 0.3) is 0 Å². The zero-order chi connectivity index (χ0) is 16.0. The first-order chi connectivity index (χ1) is 9.81. The Morgan fingerprint density at radius 2 is 2.19 bits per heavy atom. The van der Waals surface area contributed by atoms with Crippen LogP contribution in [0.15, 0.2) is 22.7 Å². The lowest BCUT2D eigenvalue weighted by atomic mass is 10.2. The molecule has 1 aromatic rings. The Morgan fingerprint density at radius 1 is 1.52 bits per heavy atom. The maximum Gasteiger partial charge on any atom is 0.273 e. The summed E-state index contributed by atoms with van der Waals surface area (Å²) >= 11 is 3.26. The number of amides is 1. The van der Waals surface area contributed by atoms with Crippen LogP contribution in [0.5, 0.6) is 5.75 Å². The molecule has 1 amide bonds. The van der Waals surface area contributed by atoms with Gasteiger partial charge in [0.25, 0.3) is 5.69 Å². The molecule has 1 atom stereocenters. The van der Waals surface area contributed by atoms with Crippen LogP contribution in [-0.2, 0) is 4.79 Å². The van der Waals surface area contributed by atoms with E-state index in [2.05, 4.69) is 21.2 Å². The van der Waals surface area contributed by atoms with E-state index in [4.69, 9.17) is 10.5 Å². The van der Waals surface area contributed by atoms with Crippen LogP contribution in [0.3, 0.4) is 0 Å². The van der Waals surface area contributed by atoms with Crippen molar-refractivity contribution in [3.63, 3.8) is 0 Å². The molecule has 0 aliphatic rings. The van der Waals surface area contributed by atoms with Gasteiger partial charge < -0.3 is 15.8 Å². The zero-order valence-electron chi connectivity index (χ0n) is 11.8. The van der Waals surface area contributed by atoms with Crippen LogP contribution in [-0.4, -0.2) is 29.5 Å². The van der Waals surface area contributed by atoms with Gasteiger partial charge in [-0.1, -0.05) is 13.8 Å². The number of nitrogens with one attached hydrogen (secondary N) is 1. The molecule has 0 spiro atoms. The molecular weight excluding hydrogens is 342 g/mol. The van der Waals surface area contributed by atoms with Crippen molar-refractivity contribution in [3.8, 4) is 5.75 Å². The van der Waals surface area contributed by atoms with Crippen LogP contribution < -0.4 is 15.8 Å². The van der Waals surface area contributed by atoms with Gasteiger partial charge in [-0.15, -0.1) is 0 Å². The highest BCUT2D eigenvalue weighted by molar-refractivity contribution is 9.10. The van der Waals surface area contributed by atoms with Gasteiger partial charge >= 0.3 is 0 Å². The molecule has 0 aromatic heterocycles. The SMILES string of the molecule is CC(C)NC(CCOc1cc([N+](=O)[O-])ccc1Br)C(N)=O. The number of nitrogens with two attached hydrogens (primary N) is 1. The molecule has 0 fully saturated rings. The average molecular weight is 360 g/mol. The van der Waals surface area contributed by atoms with E-state index in [0.717, 1.165) is 0 Å². The number of carbonyl (C=O) groups is 1. The fourth-order valence-electron chi connectivity index (χ4n) is 1.71. The molecule has 1 rings (SSSR count). The Hall–Kier alpha value is -1.67. The number of ether oxygens (including phenoxy) is 1. The number of halogens is 1. The molecule has 116 valence electrons. The van der Waals surface area contributed by atoms with E-state index in [0.29, 0.717) is 16.6 Å². The van der Waals surface area contributed by atoms with E-state index < -0.39 is 16.9 Å². The molecule has 0 saturated carbocycles. The van der Waals surface area contributed by atoms with E-state index in [1.807, 2.05) is 13.8 Å². The highest BCUT2D eigenvalue weighted by Gasteiger charge is 2.17. The zero-order valence-corrected chi connectivity index (χ0v) is 13.4. The molecule has 21 heavy (non-hydrogen) atoms. The molecule has 3 N–H and O–H groups in total. The third-order valence-corrected chi connectivity index (χ3v) is 3.32. The molecule has 0 bridgehead atoms. The van der Waals surface area contributed by atoms with E-state index >= 15 is 0 Å². The number of hydrogen-bond donors (Lipinski definition) is 2. The number of carbonyl (C=O) groups excluding carboxylic acids is 1. The molecule has 0 aliphatic carbocycles. The van der Waals surface area contributed by atoms with E-state index in [1.54, 1.807) is 6.07 Å². The number of nitrogens with zero attached hydrogens (tertiary/aromatic N) is 1. The summed E-state index contributed by atoms with van der Waals surface area (Å²) in [5.41, 5.74) is 5.25. The second-order valence-corrected chi connectivity index (χ2v) is 5.64. The van der Waals surface area contributed by atoms with Gasteiger partial charge in [0.1, 0.15) is 5.75 Å². The van der Waals surface area contributed by atoms with Crippen LogP contribution in [0.1, 0.15) is 20.3 Å². The summed E-state index contributed by atoms with van der Waals surface area (Å²) in [6, 6.07) is 3.88. The van der Waals surface area contributed by atoms with Crippen LogP contribution >= 0.6 is 15.9 Å². The van der Waals surface area contributed by atoms with Gasteiger partial charge in [0.2, 0.25) is 5.91 Å². The van der Waals surface area contributed by atoms with Gasteiger partial charge in [-0.25, -0.2) is 0 Å². The average Bonchev–Trinajstić information content (AvgIpc) is 2.38. The molecular formula is C13H18BrN3O4. The Bertz CT molecular complexity index is 522. The number of primary amides is 1. The van der Waals surface area contributed by atoms with Crippen molar-refractivity contribution >= 4 is 27.5 Å². The minimum absolute atomic E-state index is 0.0556. The molecule has 0 aliphatic heterocycles. The lowest BCUT2D eigenvalue weighted by Gasteiger charge is -2.18. The summed E-state index contributed by atoms with van der Waals surface area (Å²) in [7, 11) is 0. The minimum Gasteiger partial charge on any atom is -0.492 e. The first-order valence-corrected chi connectivity index (χ1v) is 7.22. The molecule has 0 saturated heterocycles. The fourth-order valence-corrected chi connectivity index (χ4v) is 2.07. The highest BCUT2D eigenvalue weighted by atomic mass is 79.9. The van der Waals surface area contributed by atoms with Crippen molar-refractivity contribution < 1.29 is 14.5 Å². The summed E-state index contributed by atoms with van der Waals surface area (Å²) in [6.45, 7) is 4.04. The summed E-state index contributed by atoms with van der Waals surface area (Å²) in [5, 5.41) is 13.8. The van der Waals surface area contributed by atoms with Crippen LogP contribution in [0.2, 0.25) is 0 Å². The number of non-ortho nitro benzene ring substituents is 1. The fraction of sp³-hybridized carbons (Fsp3) is 0.462. The normalized spacial score (nSPS) is 12.2. The van der Waals surface area contributed by atoms with Gasteiger partial charge in [0, 0.05) is 18.5 Å².